The van der Waals surface area contributed by atoms with Gasteiger partial charge in [-0.3, -0.25) is 4.79 Å². The highest BCUT2D eigenvalue weighted by Gasteiger charge is 2.59. The average molecular weight is 471 g/mol. The standard InChI is InChI=1S/C17H29NO14/c1-5(21)18-9-6(22)2-17(16(28)29,31-13(9)10(24)7(23)3-19)32-14-11(25)8(4-20)30-15(27)12(14)26/h6-15,19-20,22-27H,2-4H2,1H3,(H,18,21)(H,28,29)/t6-,7+,8+,9+,10+,11-,12+,13+,14-,15-,17-/m0/s1. The predicted octanol–water partition coefficient (Wildman–Crippen LogP) is -6.05. The zero-order valence-electron chi connectivity index (χ0n) is 17.0. The van der Waals surface area contributed by atoms with Crippen molar-refractivity contribution in [2.24, 2.45) is 0 Å². The number of amides is 1. The van der Waals surface area contributed by atoms with Crippen LogP contribution >= 0.6 is 0 Å². The fourth-order valence-corrected chi connectivity index (χ4v) is 3.67. The molecule has 2 aliphatic heterocycles. The number of ether oxygens (including phenoxy) is 3. The fraction of sp³-hybridized carbons (Fsp3) is 0.882. The quantitative estimate of drug-likeness (QED) is 0.158. The minimum Gasteiger partial charge on any atom is -0.477 e. The summed E-state index contributed by atoms with van der Waals surface area (Å²) < 4.78 is 15.5. The summed E-state index contributed by atoms with van der Waals surface area (Å²) in [5.41, 5.74) is 0. The number of carboxylic acid groups (broad SMARTS) is 1. The van der Waals surface area contributed by atoms with E-state index in [2.05, 4.69) is 5.32 Å². The first kappa shape index (κ1) is 26.7. The smallest absolute Gasteiger partial charge is 0.364 e. The molecule has 11 atom stereocenters. The van der Waals surface area contributed by atoms with Gasteiger partial charge in [0.25, 0.3) is 5.79 Å². The van der Waals surface area contributed by atoms with Crippen molar-refractivity contribution in [1.29, 1.82) is 0 Å². The van der Waals surface area contributed by atoms with Crippen LogP contribution in [0.5, 0.6) is 0 Å². The number of rotatable bonds is 8. The molecule has 15 heteroatoms. The minimum absolute atomic E-state index is 0.693. The summed E-state index contributed by atoms with van der Waals surface area (Å²) in [5, 5.41) is 91.5. The molecule has 0 unspecified atom stereocenters. The average Bonchev–Trinajstić information content (AvgIpc) is 2.73. The van der Waals surface area contributed by atoms with Crippen molar-refractivity contribution in [1.82, 2.24) is 5.32 Å². The molecule has 2 saturated heterocycles. The van der Waals surface area contributed by atoms with Crippen molar-refractivity contribution in [2.75, 3.05) is 13.2 Å². The fourth-order valence-electron chi connectivity index (χ4n) is 3.67. The molecule has 0 radical (unpaired) electrons. The molecule has 15 nitrogen and oxygen atoms in total. The molecule has 10 N–H and O–H groups in total. The summed E-state index contributed by atoms with van der Waals surface area (Å²) in [4.78, 5) is 23.6. The van der Waals surface area contributed by atoms with Gasteiger partial charge in [-0.1, -0.05) is 0 Å². The number of nitrogens with one attached hydrogen (secondary N) is 1. The molecule has 32 heavy (non-hydrogen) atoms. The Kier molecular flexibility index (Phi) is 8.88. The lowest BCUT2D eigenvalue weighted by molar-refractivity contribution is -0.366. The third kappa shape index (κ3) is 5.35. The van der Waals surface area contributed by atoms with Crippen LogP contribution in [0.2, 0.25) is 0 Å². The molecule has 1 amide bonds. The second-order valence-electron chi connectivity index (χ2n) is 7.69. The van der Waals surface area contributed by atoms with Gasteiger partial charge in [-0.05, 0) is 0 Å². The Hall–Kier alpha value is -1.50. The zero-order chi connectivity index (χ0) is 24.4. The molecular weight excluding hydrogens is 442 g/mol. The molecule has 0 aliphatic carbocycles. The van der Waals surface area contributed by atoms with Gasteiger partial charge in [0, 0.05) is 13.3 Å². The highest BCUT2D eigenvalue weighted by molar-refractivity contribution is 5.76. The van der Waals surface area contributed by atoms with Gasteiger partial charge in [-0.2, -0.15) is 0 Å². The number of aliphatic hydroxyl groups excluding tert-OH is 8. The van der Waals surface area contributed by atoms with Gasteiger partial charge < -0.3 is 65.5 Å². The van der Waals surface area contributed by atoms with E-state index in [9.17, 15) is 50.4 Å². The molecule has 2 heterocycles. The van der Waals surface area contributed by atoms with Gasteiger partial charge in [0.15, 0.2) is 6.29 Å². The first-order chi connectivity index (χ1) is 14.9. The summed E-state index contributed by atoms with van der Waals surface area (Å²) in [6, 6.07) is -1.44. The van der Waals surface area contributed by atoms with E-state index in [4.69, 9.17) is 19.3 Å². The van der Waals surface area contributed by atoms with E-state index in [1.807, 2.05) is 0 Å². The largest absolute Gasteiger partial charge is 0.477 e. The van der Waals surface area contributed by atoms with Crippen LogP contribution in [0.25, 0.3) is 0 Å². The number of aliphatic carboxylic acids is 1. The normalized spacial score (nSPS) is 42.2. The van der Waals surface area contributed by atoms with E-state index >= 15 is 0 Å². The Morgan fingerprint density at radius 3 is 2.28 bits per heavy atom. The lowest BCUT2D eigenvalue weighted by Crippen LogP contribution is -2.70. The van der Waals surface area contributed by atoms with Crippen molar-refractivity contribution in [3.05, 3.63) is 0 Å². The molecular formula is C17H29NO14. The topological polar surface area (TPSA) is 256 Å². The summed E-state index contributed by atoms with van der Waals surface area (Å²) >= 11 is 0. The first-order valence-electron chi connectivity index (χ1n) is 9.70. The van der Waals surface area contributed by atoms with Crippen molar-refractivity contribution in [2.45, 2.75) is 80.3 Å². The lowest BCUT2D eigenvalue weighted by Gasteiger charge is -2.49. The number of carboxylic acids is 1. The minimum atomic E-state index is -2.86. The highest BCUT2D eigenvalue weighted by atomic mass is 16.7. The van der Waals surface area contributed by atoms with Crippen LogP contribution in [-0.2, 0) is 23.8 Å². The Labute approximate surface area is 181 Å². The molecule has 0 aromatic rings. The van der Waals surface area contributed by atoms with Crippen LogP contribution in [0.3, 0.4) is 0 Å². The number of aliphatic hydroxyl groups is 8. The number of hydrogen-bond acceptors (Lipinski definition) is 13. The Bertz CT molecular complexity index is 665. The molecule has 186 valence electrons. The molecule has 0 aromatic heterocycles. The second-order valence-corrected chi connectivity index (χ2v) is 7.69. The van der Waals surface area contributed by atoms with E-state index in [1.165, 1.54) is 0 Å². The maximum Gasteiger partial charge on any atom is 0.364 e. The molecule has 0 spiro atoms. The van der Waals surface area contributed by atoms with Crippen LogP contribution in [0.4, 0.5) is 0 Å². The molecule has 2 aliphatic rings. The number of hydrogen-bond donors (Lipinski definition) is 10. The molecule has 0 aromatic carbocycles. The third-order valence-electron chi connectivity index (χ3n) is 5.35. The molecule has 0 bridgehead atoms. The van der Waals surface area contributed by atoms with E-state index in [0.29, 0.717) is 0 Å². The maximum absolute atomic E-state index is 12.1. The Morgan fingerprint density at radius 1 is 1.16 bits per heavy atom. The van der Waals surface area contributed by atoms with Gasteiger partial charge in [0.1, 0.15) is 42.7 Å². The van der Waals surface area contributed by atoms with E-state index in [0.717, 1.165) is 6.92 Å². The number of carbonyl (C=O) groups excluding carboxylic acids is 1. The van der Waals surface area contributed by atoms with Gasteiger partial charge >= 0.3 is 5.97 Å². The number of carbonyl (C=O) groups is 2. The summed E-state index contributed by atoms with van der Waals surface area (Å²) in [6.07, 6.45) is -17.6. The van der Waals surface area contributed by atoms with Crippen LogP contribution < -0.4 is 5.32 Å². The van der Waals surface area contributed by atoms with Crippen molar-refractivity contribution >= 4 is 11.9 Å². The van der Waals surface area contributed by atoms with E-state index in [1.54, 1.807) is 0 Å². The van der Waals surface area contributed by atoms with E-state index in [-0.39, 0.29) is 0 Å². The SMILES string of the molecule is CC(=O)N[C@H]1[C@H]([C@H](O)[C@H](O)CO)O[C@@](O[C@@H]2[C@@H](O)[C@@H](O)O[C@H](CO)[C@@H]2O)(C(=O)O)C[C@@H]1O. The second kappa shape index (κ2) is 10.6. The van der Waals surface area contributed by atoms with Gasteiger partial charge in [0.2, 0.25) is 5.91 Å². The molecule has 2 fully saturated rings. The third-order valence-corrected chi connectivity index (χ3v) is 5.35. The van der Waals surface area contributed by atoms with Crippen LogP contribution in [-0.4, -0.2) is 138 Å². The summed E-state index contributed by atoms with van der Waals surface area (Å²) in [7, 11) is 0. The van der Waals surface area contributed by atoms with Crippen molar-refractivity contribution in [3.8, 4) is 0 Å². The predicted molar refractivity (Wildman–Crippen MR) is 97.4 cm³/mol. The molecule has 0 saturated carbocycles. The van der Waals surface area contributed by atoms with Crippen molar-refractivity contribution in [3.63, 3.8) is 0 Å². The Morgan fingerprint density at radius 2 is 1.78 bits per heavy atom. The summed E-state index contributed by atoms with van der Waals surface area (Å²) in [6.45, 7) is -0.741. The highest BCUT2D eigenvalue weighted by Crippen LogP contribution is 2.37. The van der Waals surface area contributed by atoms with E-state index < -0.39 is 98.5 Å². The van der Waals surface area contributed by atoms with Gasteiger partial charge in [-0.25, -0.2) is 4.79 Å². The van der Waals surface area contributed by atoms with Gasteiger partial charge in [-0.15, -0.1) is 0 Å². The van der Waals surface area contributed by atoms with Crippen LogP contribution in [0, 0.1) is 0 Å². The van der Waals surface area contributed by atoms with Gasteiger partial charge in [0.05, 0.1) is 25.4 Å². The monoisotopic (exact) mass is 471 g/mol. The van der Waals surface area contributed by atoms with Crippen LogP contribution in [0.15, 0.2) is 0 Å². The first-order valence-corrected chi connectivity index (χ1v) is 9.70. The lowest BCUT2D eigenvalue weighted by atomic mass is 9.88. The maximum atomic E-state index is 12.1. The van der Waals surface area contributed by atoms with Crippen LogP contribution in [0.1, 0.15) is 13.3 Å². The summed E-state index contributed by atoms with van der Waals surface area (Å²) in [5.74, 6) is -5.44. The zero-order valence-corrected chi connectivity index (χ0v) is 17.0. The molecule has 2 rings (SSSR count). The Balaban J connectivity index is 2.42. The van der Waals surface area contributed by atoms with Crippen molar-refractivity contribution < 1.29 is 69.8 Å².